The minimum absolute atomic E-state index is 0.0231. The van der Waals surface area contributed by atoms with Crippen LogP contribution in [-0.2, 0) is 23.8 Å². The molecule has 7 nitrogen and oxygen atoms in total. The third kappa shape index (κ3) is 6.71. The maximum absolute atomic E-state index is 12.8. The van der Waals surface area contributed by atoms with Gasteiger partial charge in [-0.1, -0.05) is 18.2 Å². The molecule has 0 aliphatic carbocycles. The van der Waals surface area contributed by atoms with E-state index >= 15 is 0 Å². The standard InChI is InChI=1S/C23H24F3N3O4/c1-2-32-22-17(15-29(28-22)20-11-10-18(14-27-20)23(24,25)26)7-5-13-33-19-8-4-3-6-16(19)9-12-21(30)31/h3-4,6,8,10-11,14-15H,2,5,7,9,12-13H2,1H3,(H,30,31). The lowest BCUT2D eigenvalue weighted by Crippen LogP contribution is -2.07. The Labute approximate surface area is 188 Å². The van der Waals surface area contributed by atoms with Crippen LogP contribution in [0.2, 0.25) is 0 Å². The number of aryl methyl sites for hydroxylation is 2. The van der Waals surface area contributed by atoms with E-state index in [1.807, 2.05) is 25.1 Å². The molecule has 0 aliphatic rings. The molecule has 10 heteroatoms. The van der Waals surface area contributed by atoms with Crippen LogP contribution < -0.4 is 9.47 Å². The molecular formula is C23H24F3N3O4. The largest absolute Gasteiger partial charge is 0.493 e. The number of para-hydroxylation sites is 1. The van der Waals surface area contributed by atoms with E-state index in [-0.39, 0.29) is 12.2 Å². The first-order chi connectivity index (χ1) is 15.8. The second kappa shape index (κ2) is 10.8. The summed E-state index contributed by atoms with van der Waals surface area (Å²) in [6.45, 7) is 2.59. The molecule has 176 valence electrons. The van der Waals surface area contributed by atoms with Gasteiger partial charge in [-0.25, -0.2) is 9.67 Å². The lowest BCUT2D eigenvalue weighted by molar-refractivity contribution is -0.138. The maximum Gasteiger partial charge on any atom is 0.417 e. The topological polar surface area (TPSA) is 86.5 Å². The van der Waals surface area contributed by atoms with Crippen molar-refractivity contribution in [2.75, 3.05) is 13.2 Å². The third-order valence-corrected chi connectivity index (χ3v) is 4.77. The van der Waals surface area contributed by atoms with Crippen LogP contribution in [0.4, 0.5) is 13.2 Å². The fraction of sp³-hybridized carbons (Fsp3) is 0.348. The SMILES string of the molecule is CCOc1nn(-c2ccc(C(F)(F)F)cn2)cc1CCCOc1ccccc1CCC(=O)O. The van der Waals surface area contributed by atoms with Gasteiger partial charge >= 0.3 is 12.1 Å². The number of benzene rings is 1. The Balaban J connectivity index is 1.63. The summed E-state index contributed by atoms with van der Waals surface area (Å²) >= 11 is 0. The summed E-state index contributed by atoms with van der Waals surface area (Å²) in [6, 6.07) is 9.52. The molecule has 3 aromatic rings. The zero-order chi connectivity index (χ0) is 23.8. The molecule has 0 radical (unpaired) electrons. The quantitative estimate of drug-likeness (QED) is 0.415. The Morgan fingerprint density at radius 2 is 1.88 bits per heavy atom. The van der Waals surface area contributed by atoms with Crippen LogP contribution in [0.5, 0.6) is 11.6 Å². The smallest absolute Gasteiger partial charge is 0.417 e. The van der Waals surface area contributed by atoms with Crippen molar-refractivity contribution in [1.82, 2.24) is 14.8 Å². The molecule has 0 fully saturated rings. The Hall–Kier alpha value is -3.56. The fourth-order valence-corrected chi connectivity index (χ4v) is 3.17. The van der Waals surface area contributed by atoms with Crippen LogP contribution in [0.15, 0.2) is 48.8 Å². The van der Waals surface area contributed by atoms with Crippen LogP contribution in [0, 0.1) is 0 Å². The van der Waals surface area contributed by atoms with Crippen molar-refractivity contribution >= 4 is 5.97 Å². The van der Waals surface area contributed by atoms with Crippen molar-refractivity contribution in [3.63, 3.8) is 0 Å². The van der Waals surface area contributed by atoms with Gasteiger partial charge in [0.1, 0.15) is 5.75 Å². The minimum atomic E-state index is -4.45. The lowest BCUT2D eigenvalue weighted by atomic mass is 10.1. The molecule has 0 atom stereocenters. The van der Waals surface area contributed by atoms with Gasteiger partial charge in [0.2, 0.25) is 5.88 Å². The average molecular weight is 463 g/mol. The number of nitrogens with zero attached hydrogens (tertiary/aromatic N) is 3. The summed E-state index contributed by atoms with van der Waals surface area (Å²) < 4.78 is 51.1. The second-order valence-electron chi connectivity index (χ2n) is 7.19. The minimum Gasteiger partial charge on any atom is -0.493 e. The molecule has 0 saturated heterocycles. The predicted octanol–water partition coefficient (Wildman–Crippen LogP) is 4.71. The van der Waals surface area contributed by atoms with Crippen molar-refractivity contribution < 1.29 is 32.5 Å². The van der Waals surface area contributed by atoms with E-state index in [9.17, 15) is 18.0 Å². The molecule has 0 unspecified atom stereocenters. The molecule has 0 amide bonds. The monoisotopic (exact) mass is 463 g/mol. The molecule has 1 aromatic carbocycles. The Bertz CT molecular complexity index is 1070. The van der Waals surface area contributed by atoms with E-state index < -0.39 is 17.7 Å². The van der Waals surface area contributed by atoms with Gasteiger partial charge in [-0.3, -0.25) is 4.79 Å². The summed E-state index contributed by atoms with van der Waals surface area (Å²) in [5.41, 5.74) is 0.779. The van der Waals surface area contributed by atoms with E-state index in [4.69, 9.17) is 14.6 Å². The summed E-state index contributed by atoms with van der Waals surface area (Å²) in [6.07, 6.45) is -0.410. The van der Waals surface area contributed by atoms with Crippen LogP contribution in [0.25, 0.3) is 5.82 Å². The average Bonchev–Trinajstić information content (AvgIpc) is 3.18. The van der Waals surface area contributed by atoms with Crippen molar-refractivity contribution in [2.24, 2.45) is 0 Å². The van der Waals surface area contributed by atoms with Crippen LogP contribution in [0.3, 0.4) is 0 Å². The van der Waals surface area contributed by atoms with Gasteiger partial charge in [0, 0.05) is 24.4 Å². The molecule has 1 N–H and O–H groups in total. The van der Waals surface area contributed by atoms with Gasteiger partial charge in [-0.05, 0) is 49.9 Å². The van der Waals surface area contributed by atoms with Gasteiger partial charge in [-0.2, -0.15) is 13.2 Å². The highest BCUT2D eigenvalue weighted by atomic mass is 19.4. The van der Waals surface area contributed by atoms with E-state index in [0.717, 1.165) is 23.4 Å². The fourth-order valence-electron chi connectivity index (χ4n) is 3.17. The first kappa shape index (κ1) is 24.1. The highest BCUT2D eigenvalue weighted by Gasteiger charge is 2.30. The Morgan fingerprint density at radius 1 is 1.09 bits per heavy atom. The lowest BCUT2D eigenvalue weighted by Gasteiger charge is -2.11. The second-order valence-corrected chi connectivity index (χ2v) is 7.19. The number of hydrogen-bond donors (Lipinski definition) is 1. The zero-order valence-electron chi connectivity index (χ0n) is 18.0. The molecule has 3 rings (SSSR count). The number of aliphatic carboxylic acids is 1. The van der Waals surface area contributed by atoms with Crippen LogP contribution in [0.1, 0.15) is 36.5 Å². The predicted molar refractivity (Wildman–Crippen MR) is 114 cm³/mol. The number of rotatable bonds is 11. The van der Waals surface area contributed by atoms with Gasteiger partial charge < -0.3 is 14.6 Å². The zero-order valence-corrected chi connectivity index (χ0v) is 18.0. The molecule has 0 spiro atoms. The Kier molecular flexibility index (Phi) is 7.92. The normalized spacial score (nSPS) is 11.4. The molecule has 33 heavy (non-hydrogen) atoms. The van der Waals surface area contributed by atoms with Gasteiger partial charge in [-0.15, -0.1) is 5.10 Å². The summed E-state index contributed by atoms with van der Waals surface area (Å²) in [5.74, 6) is 0.418. The van der Waals surface area contributed by atoms with E-state index in [1.165, 1.54) is 10.7 Å². The molecule has 2 aromatic heterocycles. The van der Waals surface area contributed by atoms with E-state index in [2.05, 4.69) is 10.1 Å². The highest BCUT2D eigenvalue weighted by molar-refractivity contribution is 5.67. The number of halogens is 3. The van der Waals surface area contributed by atoms with Gasteiger partial charge in [0.15, 0.2) is 5.82 Å². The third-order valence-electron chi connectivity index (χ3n) is 4.77. The van der Waals surface area contributed by atoms with E-state index in [0.29, 0.717) is 44.1 Å². The number of alkyl halides is 3. The molecule has 2 heterocycles. The van der Waals surface area contributed by atoms with Crippen molar-refractivity contribution in [1.29, 1.82) is 0 Å². The van der Waals surface area contributed by atoms with Crippen LogP contribution >= 0.6 is 0 Å². The molecular weight excluding hydrogens is 439 g/mol. The number of pyridine rings is 1. The number of carboxylic acid groups (broad SMARTS) is 1. The van der Waals surface area contributed by atoms with Gasteiger partial charge in [0.25, 0.3) is 0 Å². The first-order valence-corrected chi connectivity index (χ1v) is 10.5. The van der Waals surface area contributed by atoms with Crippen molar-refractivity contribution in [3.05, 3.63) is 65.5 Å². The molecule has 0 saturated carbocycles. The number of carbonyl (C=O) groups is 1. The number of ether oxygens (including phenoxy) is 2. The number of hydrogen-bond acceptors (Lipinski definition) is 5. The first-order valence-electron chi connectivity index (χ1n) is 10.5. The summed E-state index contributed by atoms with van der Waals surface area (Å²) in [7, 11) is 0. The maximum atomic E-state index is 12.8. The van der Waals surface area contributed by atoms with Crippen molar-refractivity contribution in [3.8, 4) is 17.4 Å². The summed E-state index contributed by atoms with van der Waals surface area (Å²) in [4.78, 5) is 14.7. The number of carboxylic acids is 1. The van der Waals surface area contributed by atoms with Gasteiger partial charge in [0.05, 0.1) is 18.8 Å². The Morgan fingerprint density at radius 3 is 2.55 bits per heavy atom. The van der Waals surface area contributed by atoms with Crippen molar-refractivity contribution in [2.45, 2.75) is 38.8 Å². The molecule has 0 bridgehead atoms. The summed E-state index contributed by atoms with van der Waals surface area (Å²) in [5, 5.41) is 13.2. The van der Waals surface area contributed by atoms with Crippen LogP contribution in [-0.4, -0.2) is 39.1 Å². The molecule has 0 aliphatic heterocycles. The van der Waals surface area contributed by atoms with E-state index in [1.54, 1.807) is 12.3 Å². The highest BCUT2D eigenvalue weighted by Crippen LogP contribution is 2.29. The number of aromatic nitrogens is 3.